The van der Waals surface area contributed by atoms with E-state index in [-0.39, 0.29) is 35.1 Å². The molecule has 12 heavy (non-hydrogen) atoms. The van der Waals surface area contributed by atoms with Crippen LogP contribution in [0.5, 0.6) is 0 Å². The molecule has 0 spiro atoms. The van der Waals surface area contributed by atoms with E-state index >= 15 is 0 Å². The van der Waals surface area contributed by atoms with Crippen LogP contribution in [0, 0.1) is 5.82 Å². The van der Waals surface area contributed by atoms with Crippen LogP contribution in [-0.2, 0) is 0 Å². The van der Waals surface area contributed by atoms with Crippen molar-refractivity contribution in [1.29, 1.82) is 0 Å². The number of hydrogen-bond acceptors (Lipinski definition) is 2. The molecule has 2 nitrogen and oxygen atoms in total. The summed E-state index contributed by atoms with van der Waals surface area (Å²) in [5, 5.41) is 0. The normalized spacial score (nSPS) is 8.83. The van der Waals surface area contributed by atoms with E-state index in [2.05, 4.69) is 0 Å². The molecule has 0 heterocycles. The number of Topliss-reactive ketones (excluding diaryl/α,β-unsaturated/α-hetero) is 1. The Kier molecular flexibility index (Phi) is 4.70. The van der Waals surface area contributed by atoms with E-state index in [1.165, 1.54) is 24.3 Å². The molecule has 0 amide bonds. The molecule has 0 bridgehead atoms. The van der Waals surface area contributed by atoms with Crippen molar-refractivity contribution in [3.05, 3.63) is 35.6 Å². The SMILES string of the molecule is Br.NCC(=O)c1ccc(F)cc1. The third-order valence-corrected chi connectivity index (χ3v) is 1.35. The van der Waals surface area contributed by atoms with Crippen molar-refractivity contribution in [2.45, 2.75) is 0 Å². The van der Waals surface area contributed by atoms with E-state index in [9.17, 15) is 9.18 Å². The van der Waals surface area contributed by atoms with E-state index in [1.807, 2.05) is 0 Å². The van der Waals surface area contributed by atoms with Crippen LogP contribution in [0.4, 0.5) is 4.39 Å². The largest absolute Gasteiger partial charge is 0.324 e. The minimum Gasteiger partial charge on any atom is -0.324 e. The van der Waals surface area contributed by atoms with Crippen LogP contribution < -0.4 is 5.73 Å². The smallest absolute Gasteiger partial charge is 0.176 e. The van der Waals surface area contributed by atoms with Gasteiger partial charge in [-0.05, 0) is 24.3 Å². The Balaban J connectivity index is 0.00000121. The second-order valence-corrected chi connectivity index (χ2v) is 2.13. The summed E-state index contributed by atoms with van der Waals surface area (Å²) in [6.07, 6.45) is 0. The molecule has 0 aliphatic carbocycles. The molecule has 0 unspecified atom stereocenters. The fourth-order valence-electron chi connectivity index (χ4n) is 0.754. The molecule has 0 aromatic heterocycles. The first kappa shape index (κ1) is 11.3. The number of benzene rings is 1. The van der Waals surface area contributed by atoms with Gasteiger partial charge >= 0.3 is 0 Å². The molecule has 1 aromatic rings. The summed E-state index contributed by atoms with van der Waals surface area (Å²) >= 11 is 0. The van der Waals surface area contributed by atoms with Crippen LogP contribution in [0.15, 0.2) is 24.3 Å². The van der Waals surface area contributed by atoms with Gasteiger partial charge in [-0.25, -0.2) is 4.39 Å². The molecule has 0 saturated heterocycles. The predicted molar refractivity (Wildman–Crippen MR) is 50.1 cm³/mol. The van der Waals surface area contributed by atoms with E-state index in [4.69, 9.17) is 5.73 Å². The van der Waals surface area contributed by atoms with E-state index in [0.717, 1.165) is 0 Å². The van der Waals surface area contributed by atoms with Gasteiger partial charge in [-0.3, -0.25) is 4.79 Å². The molecule has 0 aliphatic heterocycles. The van der Waals surface area contributed by atoms with E-state index in [0.29, 0.717) is 5.56 Å². The van der Waals surface area contributed by atoms with Gasteiger partial charge in [0, 0.05) is 5.56 Å². The second-order valence-electron chi connectivity index (χ2n) is 2.13. The highest BCUT2D eigenvalue weighted by molar-refractivity contribution is 8.93. The van der Waals surface area contributed by atoms with Crippen molar-refractivity contribution in [2.75, 3.05) is 6.54 Å². The number of rotatable bonds is 2. The molecule has 1 rings (SSSR count). The monoisotopic (exact) mass is 233 g/mol. The van der Waals surface area contributed by atoms with Crippen LogP contribution >= 0.6 is 17.0 Å². The standard InChI is InChI=1S/C8H8FNO.BrH/c9-7-3-1-6(2-4-7)8(11)5-10;/h1-4H,5,10H2;1H. The van der Waals surface area contributed by atoms with Crippen molar-refractivity contribution < 1.29 is 9.18 Å². The van der Waals surface area contributed by atoms with Gasteiger partial charge in [0.15, 0.2) is 5.78 Å². The number of halogens is 2. The molecule has 4 heteroatoms. The average Bonchev–Trinajstić information content (AvgIpc) is 2.05. The third kappa shape index (κ3) is 2.71. The zero-order valence-corrected chi connectivity index (χ0v) is 8.00. The Morgan fingerprint density at radius 3 is 2.25 bits per heavy atom. The van der Waals surface area contributed by atoms with Crippen LogP contribution in [0.1, 0.15) is 10.4 Å². The lowest BCUT2D eigenvalue weighted by atomic mass is 10.1. The summed E-state index contributed by atoms with van der Waals surface area (Å²) in [5.74, 6) is -0.524. The Morgan fingerprint density at radius 2 is 1.83 bits per heavy atom. The van der Waals surface area contributed by atoms with Gasteiger partial charge in [0.05, 0.1) is 6.54 Å². The molecule has 2 N–H and O–H groups in total. The van der Waals surface area contributed by atoms with Crippen molar-refractivity contribution >= 4 is 22.8 Å². The van der Waals surface area contributed by atoms with Crippen molar-refractivity contribution in [2.24, 2.45) is 5.73 Å². The number of nitrogens with two attached hydrogens (primary N) is 1. The van der Waals surface area contributed by atoms with E-state index in [1.54, 1.807) is 0 Å². The fraction of sp³-hybridized carbons (Fsp3) is 0.125. The van der Waals surface area contributed by atoms with Crippen LogP contribution in [0.2, 0.25) is 0 Å². The van der Waals surface area contributed by atoms with Gasteiger partial charge in [-0.2, -0.15) is 0 Å². The minimum absolute atomic E-state index is 0. The molecule has 66 valence electrons. The maximum absolute atomic E-state index is 12.3. The summed E-state index contributed by atoms with van der Waals surface area (Å²) in [6, 6.07) is 5.32. The van der Waals surface area contributed by atoms with Crippen molar-refractivity contribution in [3.8, 4) is 0 Å². The van der Waals surface area contributed by atoms with E-state index < -0.39 is 0 Å². The first-order valence-corrected chi connectivity index (χ1v) is 3.23. The van der Waals surface area contributed by atoms with Gasteiger partial charge in [0.2, 0.25) is 0 Å². The Labute approximate surface area is 80.3 Å². The van der Waals surface area contributed by atoms with Gasteiger partial charge < -0.3 is 5.73 Å². The van der Waals surface area contributed by atoms with Crippen LogP contribution in [0.25, 0.3) is 0 Å². The molecule has 0 atom stereocenters. The molecule has 0 fully saturated rings. The lowest BCUT2D eigenvalue weighted by Gasteiger charge is -1.95. The minimum atomic E-state index is -0.349. The predicted octanol–water partition coefficient (Wildman–Crippen LogP) is 1.55. The topological polar surface area (TPSA) is 43.1 Å². The summed E-state index contributed by atoms with van der Waals surface area (Å²) in [6.45, 7) is -0.0361. The lowest BCUT2D eigenvalue weighted by molar-refractivity contribution is 0.100. The first-order chi connectivity index (χ1) is 5.24. The molecule has 1 aromatic carbocycles. The zero-order chi connectivity index (χ0) is 8.27. The summed E-state index contributed by atoms with van der Waals surface area (Å²) < 4.78 is 12.3. The highest BCUT2D eigenvalue weighted by Gasteiger charge is 2.01. The molecule has 0 aliphatic rings. The van der Waals surface area contributed by atoms with Gasteiger partial charge in [0.1, 0.15) is 5.82 Å². The maximum Gasteiger partial charge on any atom is 0.176 e. The number of carbonyl (C=O) groups excluding carboxylic acids is 1. The average molecular weight is 234 g/mol. The quantitative estimate of drug-likeness (QED) is 0.789. The Bertz CT molecular complexity index is 260. The molecular formula is C8H9BrFNO. The molecule has 0 saturated carbocycles. The third-order valence-electron chi connectivity index (χ3n) is 1.35. The van der Waals surface area contributed by atoms with Gasteiger partial charge in [-0.1, -0.05) is 0 Å². The van der Waals surface area contributed by atoms with Crippen molar-refractivity contribution in [3.63, 3.8) is 0 Å². The summed E-state index contributed by atoms with van der Waals surface area (Å²) in [4.78, 5) is 10.9. The Morgan fingerprint density at radius 1 is 1.33 bits per heavy atom. The van der Waals surface area contributed by atoms with Crippen LogP contribution in [-0.4, -0.2) is 12.3 Å². The number of hydrogen-bond donors (Lipinski definition) is 1. The molecule has 0 radical (unpaired) electrons. The highest BCUT2D eigenvalue weighted by atomic mass is 79.9. The van der Waals surface area contributed by atoms with Gasteiger partial charge in [-0.15, -0.1) is 17.0 Å². The number of carbonyl (C=O) groups is 1. The number of ketones is 1. The summed E-state index contributed by atoms with van der Waals surface area (Å²) in [5.41, 5.74) is 5.55. The van der Waals surface area contributed by atoms with Crippen LogP contribution in [0.3, 0.4) is 0 Å². The fourth-order valence-corrected chi connectivity index (χ4v) is 0.754. The Hall–Kier alpha value is -0.740. The highest BCUT2D eigenvalue weighted by Crippen LogP contribution is 2.02. The zero-order valence-electron chi connectivity index (χ0n) is 6.29. The first-order valence-electron chi connectivity index (χ1n) is 3.23. The maximum atomic E-state index is 12.3. The van der Waals surface area contributed by atoms with Gasteiger partial charge in [0.25, 0.3) is 0 Å². The second kappa shape index (κ2) is 5.00. The molecular weight excluding hydrogens is 225 g/mol. The lowest BCUT2D eigenvalue weighted by Crippen LogP contribution is -2.13. The summed E-state index contributed by atoms with van der Waals surface area (Å²) in [7, 11) is 0. The van der Waals surface area contributed by atoms with Crippen molar-refractivity contribution in [1.82, 2.24) is 0 Å².